The Balaban J connectivity index is 1.02. The van der Waals surface area contributed by atoms with E-state index in [1.165, 1.54) is 206 Å². The summed E-state index contributed by atoms with van der Waals surface area (Å²) in [7, 11) is 0. The van der Waals surface area contributed by atoms with Crippen LogP contribution in [0.4, 0.5) is 0 Å². The second-order valence-electron chi connectivity index (χ2n) is 22.5. The van der Waals surface area contributed by atoms with Gasteiger partial charge < -0.3 is 0 Å². The summed E-state index contributed by atoms with van der Waals surface area (Å²) in [6.07, 6.45) is 0. The molecule has 0 saturated heterocycles. The minimum atomic E-state index is 1.25. The zero-order valence-corrected chi connectivity index (χ0v) is 42.9. The zero-order valence-electron chi connectivity index (χ0n) is 42.9. The Morgan fingerprint density at radius 2 is 0.385 bits per heavy atom. The van der Waals surface area contributed by atoms with Crippen LogP contribution < -0.4 is 0 Å². The molecule has 0 heteroatoms. The zero-order chi connectivity index (χ0) is 50.8. The molecule has 0 aliphatic rings. The van der Waals surface area contributed by atoms with E-state index in [0.717, 1.165) is 0 Å². The van der Waals surface area contributed by atoms with Crippen LogP contribution in [0.25, 0.3) is 195 Å². The molecule has 0 aromatic heterocycles. The quantitative estimate of drug-likeness (QED) is 0.122. The minimum absolute atomic E-state index is 1.25. The Bertz CT molecular complexity index is 5360. The van der Waals surface area contributed by atoms with Gasteiger partial charge in [-0.1, -0.05) is 242 Å². The summed E-state index contributed by atoms with van der Waals surface area (Å²) >= 11 is 0. The third-order valence-corrected chi connectivity index (χ3v) is 18.7. The Hall–Kier alpha value is -9.88. The Morgan fingerprint density at radius 3 is 0.667 bits per heavy atom. The molecule has 0 nitrogen and oxygen atoms in total. The summed E-state index contributed by atoms with van der Waals surface area (Å²) in [4.78, 5) is 0. The molecule has 19 rings (SSSR count). The molecule has 0 bridgehead atoms. The van der Waals surface area contributed by atoms with Gasteiger partial charge in [-0.3, -0.25) is 0 Å². The average molecular weight is 981 g/mol. The molecule has 19 aromatic rings. The summed E-state index contributed by atoms with van der Waals surface area (Å²) in [6.45, 7) is 4.40. The lowest BCUT2D eigenvalue weighted by Crippen LogP contribution is -1.88. The first-order chi connectivity index (χ1) is 38.6. The van der Waals surface area contributed by atoms with Crippen LogP contribution in [0.15, 0.2) is 231 Å². The molecular weight excluding hydrogens is 937 g/mol. The van der Waals surface area contributed by atoms with Gasteiger partial charge >= 0.3 is 0 Å². The van der Waals surface area contributed by atoms with Crippen LogP contribution >= 0.6 is 0 Å². The third-order valence-electron chi connectivity index (χ3n) is 18.7. The lowest BCUT2D eigenvalue weighted by Gasteiger charge is -2.15. The van der Waals surface area contributed by atoms with Gasteiger partial charge in [-0.2, -0.15) is 0 Å². The van der Waals surface area contributed by atoms with Gasteiger partial charge in [0, 0.05) is 0 Å². The molecule has 356 valence electrons. The van der Waals surface area contributed by atoms with Gasteiger partial charge in [-0.25, -0.2) is 0 Å². The van der Waals surface area contributed by atoms with Crippen LogP contribution in [0.5, 0.6) is 0 Å². The van der Waals surface area contributed by atoms with E-state index in [9.17, 15) is 0 Å². The Morgan fingerprint density at radius 1 is 0.154 bits per heavy atom. The van der Waals surface area contributed by atoms with Gasteiger partial charge in [0.2, 0.25) is 0 Å². The number of fused-ring (bicyclic) bond motifs is 14. The first kappa shape index (κ1) is 41.4. The number of hydrogen-bond acceptors (Lipinski definition) is 0. The molecule has 0 atom stereocenters. The molecule has 0 spiro atoms. The molecule has 0 saturated carbocycles. The fraction of sp³-hybridized carbons (Fsp3) is 0.0256. The lowest BCUT2D eigenvalue weighted by molar-refractivity contribution is 1.48. The lowest BCUT2D eigenvalue weighted by atomic mass is 9.87. The molecular formula is C78H44. The van der Waals surface area contributed by atoms with Crippen molar-refractivity contribution in [2.75, 3.05) is 0 Å². The topological polar surface area (TPSA) is 0 Å². The Kier molecular flexibility index (Phi) is 7.71. The van der Waals surface area contributed by atoms with Crippen molar-refractivity contribution in [3.63, 3.8) is 0 Å². The summed E-state index contributed by atoms with van der Waals surface area (Å²) < 4.78 is 0. The fourth-order valence-electron chi connectivity index (χ4n) is 15.7. The summed E-state index contributed by atoms with van der Waals surface area (Å²) in [5, 5.41) is 37.3. The van der Waals surface area contributed by atoms with Crippen LogP contribution in [0.2, 0.25) is 0 Å². The van der Waals surface area contributed by atoms with Gasteiger partial charge in [0.15, 0.2) is 0 Å². The molecule has 0 aliphatic carbocycles. The van der Waals surface area contributed by atoms with Gasteiger partial charge in [0.1, 0.15) is 0 Å². The maximum absolute atomic E-state index is 2.49. The maximum Gasteiger partial charge on any atom is -0.000717 e. The highest BCUT2D eigenvalue weighted by Crippen LogP contribution is 2.60. The van der Waals surface area contributed by atoms with Crippen molar-refractivity contribution >= 4 is 151 Å². The predicted octanol–water partition coefficient (Wildman–Crippen LogP) is 22.3. The van der Waals surface area contributed by atoms with E-state index >= 15 is 0 Å². The van der Waals surface area contributed by atoms with E-state index in [0.29, 0.717) is 0 Å². The SMILES string of the molecule is Cc1ccc(-c2c3c4cccc5cccc(c3c(-c3ccccc3)c3c6ccc7c8ccc9c%10c(-c%11ccc(C)cc%11)c%11c%12cccc%13cccc(c%11c(-c%11ccccc%11)c%10c%10ccc(c%11ccc(c23)c6c7%11)c8c%109)c%13%12)c54)cc1. The number of hydrogen-bond donors (Lipinski definition) is 0. The molecule has 0 unspecified atom stereocenters. The van der Waals surface area contributed by atoms with Crippen LogP contribution in [-0.4, -0.2) is 0 Å². The van der Waals surface area contributed by atoms with Crippen molar-refractivity contribution in [1.29, 1.82) is 0 Å². The number of benzene rings is 15. The minimum Gasteiger partial charge on any atom is -0.0622 e. The van der Waals surface area contributed by atoms with Crippen molar-refractivity contribution in [2.45, 2.75) is 13.8 Å². The first-order valence-corrected chi connectivity index (χ1v) is 27.6. The van der Waals surface area contributed by atoms with E-state index < -0.39 is 0 Å². The van der Waals surface area contributed by atoms with Crippen molar-refractivity contribution in [3.8, 4) is 44.5 Å². The van der Waals surface area contributed by atoms with Crippen LogP contribution in [0.3, 0.4) is 0 Å². The molecule has 0 radical (unpaired) electrons. The van der Waals surface area contributed by atoms with Crippen molar-refractivity contribution in [1.82, 2.24) is 0 Å². The second kappa shape index (κ2) is 14.5. The monoisotopic (exact) mass is 980 g/mol. The number of rotatable bonds is 4. The molecule has 0 heterocycles. The van der Waals surface area contributed by atoms with E-state index in [1.54, 1.807) is 0 Å². The third kappa shape index (κ3) is 4.95. The van der Waals surface area contributed by atoms with Crippen molar-refractivity contribution in [2.24, 2.45) is 0 Å². The largest absolute Gasteiger partial charge is 0.0622 e. The standard InChI is InChI=1S/C78H44/c1-41-25-29-47(30-26-41)65-73-55-23-11-19-43-17-9-21-53(61(43)55)71(73)63(45-13-5-3-6-14-45)75-57-37-33-49-52-36-40-60-70-58(38-34-50(68(52)70)51-35-39-59(77(65)75)69(57)67(49)51)76-64(46-15-7-4-8-16-46)72-54-22-10-18-44-20-12-24-56(62(44)54)74(72)66(78(60)76)48-31-27-42(2)28-32-48/h3-40H,1-2H3. The number of aryl methyl sites for hydroxylation is 2. The molecule has 19 aromatic carbocycles. The highest BCUT2D eigenvalue weighted by Gasteiger charge is 2.31. The van der Waals surface area contributed by atoms with Crippen molar-refractivity contribution in [3.05, 3.63) is 242 Å². The smallest absolute Gasteiger partial charge is 0.000717 e. The normalized spacial score (nSPS) is 12.7. The van der Waals surface area contributed by atoms with Crippen molar-refractivity contribution < 1.29 is 0 Å². The predicted molar refractivity (Wildman–Crippen MR) is 339 cm³/mol. The average Bonchev–Trinajstić information content (AvgIpc) is 3.81. The summed E-state index contributed by atoms with van der Waals surface area (Å²) in [5.74, 6) is 0. The fourth-order valence-corrected chi connectivity index (χ4v) is 15.7. The van der Waals surface area contributed by atoms with Gasteiger partial charge in [-0.15, -0.1) is 0 Å². The van der Waals surface area contributed by atoms with E-state index in [-0.39, 0.29) is 0 Å². The van der Waals surface area contributed by atoms with Crippen LogP contribution in [-0.2, 0) is 0 Å². The van der Waals surface area contributed by atoms with Gasteiger partial charge in [0.25, 0.3) is 0 Å². The molecule has 0 fully saturated rings. The molecule has 0 aliphatic heterocycles. The summed E-state index contributed by atoms with van der Waals surface area (Å²) in [5.41, 5.74) is 12.9. The van der Waals surface area contributed by atoms with Crippen LogP contribution in [0.1, 0.15) is 11.1 Å². The molecule has 78 heavy (non-hydrogen) atoms. The van der Waals surface area contributed by atoms with Gasteiger partial charge in [0.05, 0.1) is 0 Å². The summed E-state index contributed by atoms with van der Waals surface area (Å²) in [6, 6.07) is 88.7. The van der Waals surface area contributed by atoms with E-state index in [1.807, 2.05) is 0 Å². The van der Waals surface area contributed by atoms with E-state index in [2.05, 4.69) is 244 Å². The maximum atomic E-state index is 2.49. The van der Waals surface area contributed by atoms with Gasteiger partial charge in [-0.05, 0) is 209 Å². The highest BCUT2D eigenvalue weighted by molar-refractivity contribution is 6.53. The molecule has 0 amide bonds. The molecule has 0 N–H and O–H groups in total. The Labute approximate surface area is 448 Å². The van der Waals surface area contributed by atoms with Crippen LogP contribution in [0, 0.1) is 13.8 Å². The first-order valence-electron chi connectivity index (χ1n) is 27.6. The highest BCUT2D eigenvalue weighted by atomic mass is 14.3. The van der Waals surface area contributed by atoms with E-state index in [4.69, 9.17) is 0 Å². The second-order valence-corrected chi connectivity index (χ2v) is 22.5.